The molecule has 0 saturated carbocycles. The number of nitrogens with zero attached hydrogens (tertiary/aromatic N) is 1. The van der Waals surface area contributed by atoms with Gasteiger partial charge in [0.2, 0.25) is 5.60 Å². The summed E-state index contributed by atoms with van der Waals surface area (Å²) in [5.74, 6) is -2.85. The van der Waals surface area contributed by atoms with Crippen molar-refractivity contribution < 1.29 is 33.0 Å². The van der Waals surface area contributed by atoms with Crippen LogP contribution in [0, 0.1) is 0 Å². The summed E-state index contributed by atoms with van der Waals surface area (Å²) < 4.78 is 37.8. The maximum absolute atomic E-state index is 12.6. The summed E-state index contributed by atoms with van der Waals surface area (Å²) in [7, 11) is 0. The van der Waals surface area contributed by atoms with Crippen molar-refractivity contribution in [1.29, 1.82) is 0 Å². The minimum absolute atomic E-state index is 0.0954. The Morgan fingerprint density at radius 3 is 2.50 bits per heavy atom. The lowest BCUT2D eigenvalue weighted by atomic mass is 10.0. The van der Waals surface area contributed by atoms with E-state index in [1.54, 1.807) is 0 Å². The number of aliphatic hydroxyl groups is 1. The van der Waals surface area contributed by atoms with Gasteiger partial charge in [-0.25, -0.2) is 4.79 Å². The predicted octanol–water partition coefficient (Wildman–Crippen LogP) is 1.26. The topological polar surface area (TPSA) is 77.8 Å². The Bertz CT molecular complexity index is 572. The van der Waals surface area contributed by atoms with Crippen molar-refractivity contribution in [2.24, 2.45) is 0 Å². The molecule has 1 fully saturated rings. The molecule has 1 aromatic rings. The maximum atomic E-state index is 12.6. The van der Waals surface area contributed by atoms with Gasteiger partial charge in [0.25, 0.3) is 5.91 Å². The van der Waals surface area contributed by atoms with Gasteiger partial charge in [-0.2, -0.15) is 13.2 Å². The monoisotopic (exact) mass is 289 g/mol. The standard InChI is InChI=1S/C12H10F3NO4/c13-12(14,15)7-2-1-3-8(6-7)16-5-4-11(20,9(16)17)10(18)19/h1-3,6,20H,4-5H2,(H,18,19)/t11-/m1/s1. The Morgan fingerprint density at radius 1 is 1.35 bits per heavy atom. The van der Waals surface area contributed by atoms with Crippen molar-refractivity contribution in [3.8, 4) is 0 Å². The summed E-state index contributed by atoms with van der Waals surface area (Å²) in [5, 5.41) is 18.5. The highest BCUT2D eigenvalue weighted by Crippen LogP contribution is 2.34. The van der Waals surface area contributed by atoms with E-state index in [0.717, 1.165) is 23.1 Å². The van der Waals surface area contributed by atoms with E-state index in [1.165, 1.54) is 6.07 Å². The van der Waals surface area contributed by atoms with Crippen LogP contribution in [0.25, 0.3) is 0 Å². The molecule has 0 unspecified atom stereocenters. The minimum atomic E-state index is -4.57. The molecule has 0 radical (unpaired) electrons. The molecule has 8 heteroatoms. The minimum Gasteiger partial charge on any atom is -0.479 e. The molecule has 1 aliphatic rings. The molecular formula is C12H10F3NO4. The van der Waals surface area contributed by atoms with Crippen molar-refractivity contribution in [3.63, 3.8) is 0 Å². The molecule has 2 rings (SSSR count). The lowest BCUT2D eigenvalue weighted by Gasteiger charge is -2.20. The fourth-order valence-electron chi connectivity index (χ4n) is 2.00. The first-order chi connectivity index (χ1) is 9.16. The summed E-state index contributed by atoms with van der Waals surface area (Å²) in [6.07, 6.45) is -4.95. The largest absolute Gasteiger partial charge is 0.479 e. The van der Waals surface area contributed by atoms with Gasteiger partial charge in [0.05, 0.1) is 5.56 Å². The van der Waals surface area contributed by atoms with E-state index in [2.05, 4.69) is 0 Å². The summed E-state index contributed by atoms with van der Waals surface area (Å²) in [5.41, 5.74) is -3.62. The second-order valence-corrected chi connectivity index (χ2v) is 4.42. The van der Waals surface area contributed by atoms with Gasteiger partial charge >= 0.3 is 12.1 Å². The first kappa shape index (κ1) is 14.3. The van der Waals surface area contributed by atoms with Gasteiger partial charge in [-0.1, -0.05) is 6.07 Å². The third-order valence-electron chi connectivity index (χ3n) is 3.14. The van der Waals surface area contributed by atoms with Crippen LogP contribution in [0.5, 0.6) is 0 Å². The fourth-order valence-corrected chi connectivity index (χ4v) is 2.00. The first-order valence-electron chi connectivity index (χ1n) is 5.61. The van der Waals surface area contributed by atoms with Crippen LogP contribution in [-0.2, 0) is 15.8 Å². The fraction of sp³-hybridized carbons (Fsp3) is 0.333. The predicted molar refractivity (Wildman–Crippen MR) is 61.0 cm³/mol. The van der Waals surface area contributed by atoms with E-state index in [0.29, 0.717) is 0 Å². The third kappa shape index (κ3) is 2.22. The SMILES string of the molecule is O=C(O)[C@@]1(O)CCN(c2cccc(C(F)(F)F)c2)C1=O. The van der Waals surface area contributed by atoms with E-state index >= 15 is 0 Å². The van der Waals surface area contributed by atoms with Crippen molar-refractivity contribution in [1.82, 2.24) is 0 Å². The number of halogens is 3. The van der Waals surface area contributed by atoms with E-state index in [-0.39, 0.29) is 18.7 Å². The highest BCUT2D eigenvalue weighted by molar-refractivity contribution is 6.14. The molecule has 20 heavy (non-hydrogen) atoms. The zero-order chi connectivity index (χ0) is 15.1. The summed E-state index contributed by atoms with van der Waals surface area (Å²) in [6.45, 7) is -0.164. The average molecular weight is 289 g/mol. The van der Waals surface area contributed by atoms with Crippen LogP contribution < -0.4 is 4.90 Å². The number of hydrogen-bond acceptors (Lipinski definition) is 3. The molecule has 0 spiro atoms. The molecule has 1 aromatic carbocycles. The van der Waals surface area contributed by atoms with Crippen LogP contribution in [-0.4, -0.2) is 34.2 Å². The zero-order valence-electron chi connectivity index (χ0n) is 10.0. The number of benzene rings is 1. The molecule has 1 heterocycles. The van der Waals surface area contributed by atoms with E-state index < -0.39 is 29.2 Å². The van der Waals surface area contributed by atoms with Crippen molar-refractivity contribution >= 4 is 17.6 Å². The Labute approximate surface area is 111 Å². The van der Waals surface area contributed by atoms with Crippen molar-refractivity contribution in [3.05, 3.63) is 29.8 Å². The number of amides is 1. The highest BCUT2D eigenvalue weighted by atomic mass is 19.4. The number of aliphatic carboxylic acids is 1. The molecule has 5 nitrogen and oxygen atoms in total. The van der Waals surface area contributed by atoms with Crippen molar-refractivity contribution in [2.45, 2.75) is 18.2 Å². The molecule has 1 aliphatic heterocycles. The van der Waals surface area contributed by atoms with Crippen LogP contribution >= 0.6 is 0 Å². The number of alkyl halides is 3. The molecule has 1 amide bonds. The van der Waals surface area contributed by atoms with Crippen LogP contribution in [0.3, 0.4) is 0 Å². The number of rotatable bonds is 2. The number of hydrogen-bond donors (Lipinski definition) is 2. The number of carbonyl (C=O) groups excluding carboxylic acids is 1. The van der Waals surface area contributed by atoms with Crippen LogP contribution in [0.15, 0.2) is 24.3 Å². The molecular weight excluding hydrogens is 279 g/mol. The van der Waals surface area contributed by atoms with Gasteiger partial charge < -0.3 is 15.1 Å². The number of carboxylic acid groups (broad SMARTS) is 1. The average Bonchev–Trinajstić information content (AvgIpc) is 2.67. The van der Waals surface area contributed by atoms with Crippen LogP contribution in [0.4, 0.5) is 18.9 Å². The normalized spacial score (nSPS) is 23.2. The Hall–Kier alpha value is -2.09. The van der Waals surface area contributed by atoms with Gasteiger partial charge in [0, 0.05) is 18.7 Å². The quantitative estimate of drug-likeness (QED) is 0.803. The second-order valence-electron chi connectivity index (χ2n) is 4.42. The van der Waals surface area contributed by atoms with Gasteiger partial charge in [-0.05, 0) is 18.2 Å². The smallest absolute Gasteiger partial charge is 0.416 e. The van der Waals surface area contributed by atoms with Gasteiger partial charge in [0.15, 0.2) is 0 Å². The van der Waals surface area contributed by atoms with E-state index in [9.17, 15) is 27.9 Å². The third-order valence-corrected chi connectivity index (χ3v) is 3.14. The molecule has 0 bridgehead atoms. The van der Waals surface area contributed by atoms with E-state index in [1.807, 2.05) is 0 Å². The Morgan fingerprint density at radius 2 is 2.00 bits per heavy atom. The lowest BCUT2D eigenvalue weighted by molar-refractivity contribution is -0.162. The lowest BCUT2D eigenvalue weighted by Crippen LogP contribution is -2.46. The molecule has 0 aliphatic carbocycles. The number of carboxylic acids is 1. The molecule has 0 aromatic heterocycles. The Balaban J connectivity index is 2.35. The second kappa shape index (κ2) is 4.48. The molecule has 108 valence electrons. The summed E-state index contributed by atoms with van der Waals surface area (Å²) >= 11 is 0. The van der Waals surface area contributed by atoms with E-state index in [4.69, 9.17) is 5.11 Å². The number of carbonyl (C=O) groups is 2. The summed E-state index contributed by atoms with van der Waals surface area (Å²) in [4.78, 5) is 23.5. The van der Waals surface area contributed by atoms with Crippen molar-refractivity contribution in [2.75, 3.05) is 11.4 Å². The number of anilines is 1. The summed E-state index contributed by atoms with van der Waals surface area (Å²) in [6, 6.07) is 3.95. The van der Waals surface area contributed by atoms with Crippen LogP contribution in [0.2, 0.25) is 0 Å². The first-order valence-corrected chi connectivity index (χ1v) is 5.61. The molecule has 1 atom stereocenters. The van der Waals surface area contributed by atoms with Crippen LogP contribution in [0.1, 0.15) is 12.0 Å². The molecule has 1 saturated heterocycles. The molecule has 2 N–H and O–H groups in total. The van der Waals surface area contributed by atoms with Gasteiger partial charge in [-0.3, -0.25) is 4.79 Å². The Kier molecular flexibility index (Phi) is 3.21. The highest BCUT2D eigenvalue weighted by Gasteiger charge is 2.52. The van der Waals surface area contributed by atoms with Gasteiger partial charge in [0.1, 0.15) is 0 Å². The maximum Gasteiger partial charge on any atom is 0.416 e. The van der Waals surface area contributed by atoms with Gasteiger partial charge in [-0.15, -0.1) is 0 Å². The zero-order valence-corrected chi connectivity index (χ0v) is 10.0.